The molecule has 1 aliphatic carbocycles. The fourth-order valence-electron chi connectivity index (χ4n) is 5.98. The van der Waals surface area contributed by atoms with Gasteiger partial charge >= 0.3 is 18.0 Å². The van der Waals surface area contributed by atoms with Crippen LogP contribution in [0.2, 0.25) is 0 Å². The summed E-state index contributed by atoms with van der Waals surface area (Å²) in [5, 5.41) is 17.4. The Morgan fingerprint density at radius 2 is 1.60 bits per heavy atom. The van der Waals surface area contributed by atoms with Gasteiger partial charge in [0.1, 0.15) is 11.6 Å². The fourth-order valence-corrected chi connectivity index (χ4v) is 5.98. The van der Waals surface area contributed by atoms with Crippen LogP contribution in [-0.2, 0) is 20.9 Å². The lowest BCUT2D eigenvalue weighted by Crippen LogP contribution is -2.53. The number of anilines is 2. The van der Waals surface area contributed by atoms with Gasteiger partial charge in [-0.05, 0) is 68.4 Å². The van der Waals surface area contributed by atoms with Crippen molar-refractivity contribution < 1.29 is 29.1 Å². The van der Waals surface area contributed by atoms with E-state index in [1.54, 1.807) is 36.1 Å². The van der Waals surface area contributed by atoms with Crippen LogP contribution in [0.15, 0.2) is 48.5 Å². The fraction of sp³-hybridized carbons (Fsp3) is 0.469. The van der Waals surface area contributed by atoms with Crippen LogP contribution in [0, 0.1) is 12.8 Å². The predicted octanol–water partition coefficient (Wildman–Crippen LogP) is 5.11. The molecule has 0 bridgehead atoms. The van der Waals surface area contributed by atoms with E-state index < -0.39 is 35.5 Å². The average molecular weight is 592 g/mol. The molecule has 1 saturated carbocycles. The Balaban J connectivity index is 1.51. The summed E-state index contributed by atoms with van der Waals surface area (Å²) in [6.45, 7) is 7.48. The van der Waals surface area contributed by atoms with Crippen molar-refractivity contribution in [2.75, 3.05) is 10.6 Å². The van der Waals surface area contributed by atoms with Crippen molar-refractivity contribution in [2.45, 2.75) is 90.4 Å². The molecule has 1 spiro atoms. The summed E-state index contributed by atoms with van der Waals surface area (Å²) in [6, 6.07) is 12.0. The number of hydrogen-bond acceptors (Lipinski definition) is 5. The standard InChI is InChI=1S/C32H41N5O6/c1-20(2)17-26(28(40)33-22(4)18-27(38)39)37-29(41)32(15-7-8-16-32)36(31(37)43)19-23-11-13-24(14-12-23)34-30(42)35-25-10-6-5-9-21(25)3/h5-6,9-14,20,22,26H,7-8,15-19H2,1-4H3,(H,33,40)(H,38,39)(H2,34,35,42)/t22?,26-/m0/s1. The van der Waals surface area contributed by atoms with E-state index >= 15 is 0 Å². The monoisotopic (exact) mass is 591 g/mol. The number of urea groups is 2. The van der Waals surface area contributed by atoms with Crippen LogP contribution in [0.3, 0.4) is 0 Å². The molecule has 1 heterocycles. The van der Waals surface area contributed by atoms with Crippen LogP contribution >= 0.6 is 0 Å². The molecule has 1 saturated heterocycles. The molecule has 11 heteroatoms. The first-order valence-electron chi connectivity index (χ1n) is 14.8. The van der Waals surface area contributed by atoms with E-state index in [1.165, 1.54) is 0 Å². The summed E-state index contributed by atoms with van der Waals surface area (Å²) in [7, 11) is 0. The first-order valence-corrected chi connectivity index (χ1v) is 14.8. The molecule has 2 aliphatic rings. The number of carbonyl (C=O) groups excluding carboxylic acids is 4. The van der Waals surface area contributed by atoms with Gasteiger partial charge in [0.2, 0.25) is 5.91 Å². The minimum Gasteiger partial charge on any atom is -0.481 e. The quantitative estimate of drug-likeness (QED) is 0.267. The number of carboxylic acids is 1. The predicted molar refractivity (Wildman–Crippen MR) is 162 cm³/mol. The summed E-state index contributed by atoms with van der Waals surface area (Å²) in [6.07, 6.45) is 2.60. The minimum atomic E-state index is -1.05. The smallest absolute Gasteiger partial charge is 0.328 e. The highest BCUT2D eigenvalue weighted by atomic mass is 16.4. The van der Waals surface area contributed by atoms with Gasteiger partial charge in [0.05, 0.1) is 6.42 Å². The number of para-hydroxylation sites is 1. The second-order valence-corrected chi connectivity index (χ2v) is 12.0. The molecule has 4 rings (SSSR count). The lowest BCUT2D eigenvalue weighted by Gasteiger charge is -2.31. The molecule has 230 valence electrons. The molecule has 43 heavy (non-hydrogen) atoms. The molecular formula is C32H41N5O6. The summed E-state index contributed by atoms with van der Waals surface area (Å²) in [4.78, 5) is 67.7. The number of carboxylic acid groups (broad SMARTS) is 1. The number of carbonyl (C=O) groups is 5. The first kappa shape index (κ1) is 31.5. The van der Waals surface area contributed by atoms with Crippen LogP contribution in [0.5, 0.6) is 0 Å². The van der Waals surface area contributed by atoms with Crippen molar-refractivity contribution in [3.8, 4) is 0 Å². The normalized spacial score (nSPS) is 17.3. The highest BCUT2D eigenvalue weighted by molar-refractivity contribution is 6.10. The Morgan fingerprint density at radius 1 is 0.953 bits per heavy atom. The Hall–Kier alpha value is -4.41. The van der Waals surface area contributed by atoms with Crippen molar-refractivity contribution in [2.24, 2.45) is 5.92 Å². The molecule has 2 fully saturated rings. The van der Waals surface area contributed by atoms with E-state index in [9.17, 15) is 24.0 Å². The summed E-state index contributed by atoms with van der Waals surface area (Å²) in [5.74, 6) is -1.94. The third-order valence-corrected chi connectivity index (χ3v) is 8.13. The van der Waals surface area contributed by atoms with Gasteiger partial charge < -0.3 is 26.0 Å². The SMILES string of the molecule is Cc1ccccc1NC(=O)Nc1ccc(CN2C(=O)N([C@@H](CC(C)C)C(=O)NC(C)CC(=O)O)C(=O)C23CCCC3)cc1. The van der Waals surface area contributed by atoms with Gasteiger partial charge in [-0.3, -0.25) is 14.4 Å². The Kier molecular flexibility index (Phi) is 9.73. The molecule has 2 aromatic rings. The maximum atomic E-state index is 14.0. The van der Waals surface area contributed by atoms with E-state index in [4.69, 9.17) is 5.11 Å². The van der Waals surface area contributed by atoms with E-state index in [-0.39, 0.29) is 37.2 Å². The number of benzene rings is 2. The molecule has 2 atom stereocenters. The van der Waals surface area contributed by atoms with Gasteiger partial charge in [0, 0.05) is 24.0 Å². The highest BCUT2D eigenvalue weighted by Gasteiger charge is 2.60. The Morgan fingerprint density at radius 3 is 2.21 bits per heavy atom. The van der Waals surface area contributed by atoms with E-state index in [1.807, 2.05) is 45.0 Å². The van der Waals surface area contributed by atoms with Gasteiger partial charge in [-0.2, -0.15) is 0 Å². The summed E-state index contributed by atoms with van der Waals surface area (Å²) < 4.78 is 0. The molecule has 6 amide bonds. The van der Waals surface area contributed by atoms with Crippen LogP contribution in [0.1, 0.15) is 70.4 Å². The molecule has 0 aromatic heterocycles. The van der Waals surface area contributed by atoms with Gasteiger partial charge in [0.15, 0.2) is 0 Å². The van der Waals surface area contributed by atoms with Crippen LogP contribution in [0.25, 0.3) is 0 Å². The second-order valence-electron chi connectivity index (χ2n) is 12.0. The summed E-state index contributed by atoms with van der Waals surface area (Å²) in [5.41, 5.74) is 1.97. The number of rotatable bonds is 11. The lowest BCUT2D eigenvalue weighted by molar-refractivity contribution is -0.141. The largest absolute Gasteiger partial charge is 0.481 e. The minimum absolute atomic E-state index is 0.00255. The number of imide groups is 1. The number of nitrogens with zero attached hydrogens (tertiary/aromatic N) is 2. The number of amides is 6. The molecule has 1 aliphatic heterocycles. The van der Waals surface area contributed by atoms with Crippen LogP contribution in [-0.4, -0.2) is 62.4 Å². The first-order chi connectivity index (χ1) is 20.4. The molecule has 2 aromatic carbocycles. The highest BCUT2D eigenvalue weighted by Crippen LogP contribution is 2.44. The Labute approximate surface area is 252 Å². The van der Waals surface area contributed by atoms with Crippen molar-refractivity contribution in [3.63, 3.8) is 0 Å². The van der Waals surface area contributed by atoms with Gasteiger partial charge in [-0.1, -0.05) is 57.0 Å². The van der Waals surface area contributed by atoms with Crippen molar-refractivity contribution in [1.82, 2.24) is 15.1 Å². The molecular weight excluding hydrogens is 550 g/mol. The van der Waals surface area contributed by atoms with Crippen molar-refractivity contribution >= 4 is 41.2 Å². The molecule has 1 unspecified atom stereocenters. The van der Waals surface area contributed by atoms with Gasteiger partial charge in [0.25, 0.3) is 5.91 Å². The average Bonchev–Trinajstić information content (AvgIpc) is 3.49. The van der Waals surface area contributed by atoms with E-state index in [0.29, 0.717) is 24.2 Å². The van der Waals surface area contributed by atoms with Crippen LogP contribution in [0.4, 0.5) is 21.0 Å². The number of nitrogens with one attached hydrogen (secondary N) is 3. The topological polar surface area (TPSA) is 148 Å². The maximum absolute atomic E-state index is 14.0. The van der Waals surface area contributed by atoms with E-state index in [0.717, 1.165) is 28.9 Å². The third-order valence-electron chi connectivity index (χ3n) is 8.13. The van der Waals surface area contributed by atoms with Gasteiger partial charge in [-0.25, -0.2) is 14.5 Å². The molecule has 0 radical (unpaired) electrons. The summed E-state index contributed by atoms with van der Waals surface area (Å²) >= 11 is 0. The zero-order chi connectivity index (χ0) is 31.3. The zero-order valence-corrected chi connectivity index (χ0v) is 25.2. The maximum Gasteiger partial charge on any atom is 0.328 e. The number of aliphatic carboxylic acids is 1. The zero-order valence-electron chi connectivity index (χ0n) is 25.2. The second kappa shape index (κ2) is 13.3. The van der Waals surface area contributed by atoms with Gasteiger partial charge in [-0.15, -0.1) is 0 Å². The molecule has 11 nitrogen and oxygen atoms in total. The van der Waals surface area contributed by atoms with Crippen LogP contribution < -0.4 is 16.0 Å². The third kappa shape index (κ3) is 7.15. The molecule has 4 N–H and O–H groups in total. The van der Waals surface area contributed by atoms with Crippen molar-refractivity contribution in [3.05, 3.63) is 59.7 Å². The lowest BCUT2D eigenvalue weighted by atomic mass is 9.94. The Bertz CT molecular complexity index is 1370. The number of aryl methyl sites for hydroxylation is 1. The van der Waals surface area contributed by atoms with Crippen molar-refractivity contribution in [1.29, 1.82) is 0 Å². The van der Waals surface area contributed by atoms with E-state index in [2.05, 4.69) is 16.0 Å². The number of hydrogen-bond donors (Lipinski definition) is 4.